The molecule has 0 saturated heterocycles. The Kier molecular flexibility index (Phi) is 5.15. The first kappa shape index (κ1) is 18.9. The van der Waals surface area contributed by atoms with Crippen LogP contribution in [0.2, 0.25) is 0 Å². The van der Waals surface area contributed by atoms with Crippen molar-refractivity contribution in [2.24, 2.45) is 5.92 Å². The highest BCUT2D eigenvalue weighted by Crippen LogP contribution is 2.37. The van der Waals surface area contributed by atoms with E-state index in [4.69, 9.17) is 0 Å². The van der Waals surface area contributed by atoms with Crippen LogP contribution < -0.4 is 5.32 Å². The highest BCUT2D eigenvalue weighted by Gasteiger charge is 2.42. The number of alkyl halides is 3. The Hall–Kier alpha value is -2.91. The van der Waals surface area contributed by atoms with E-state index in [1.54, 1.807) is 6.07 Å². The molecule has 1 saturated carbocycles. The van der Waals surface area contributed by atoms with E-state index in [0.717, 1.165) is 0 Å². The van der Waals surface area contributed by atoms with Crippen LogP contribution in [-0.4, -0.2) is 32.8 Å². The normalized spacial score (nSPS) is 20.3. The van der Waals surface area contributed by atoms with Crippen molar-refractivity contribution in [3.8, 4) is 5.69 Å². The predicted molar refractivity (Wildman–Crippen MR) is 89.5 cm³/mol. The number of nitrogens with zero attached hydrogens (tertiary/aromatic N) is 3. The smallest absolute Gasteiger partial charge is 0.348 e. The molecule has 2 aromatic rings. The van der Waals surface area contributed by atoms with Crippen LogP contribution in [0.3, 0.4) is 0 Å². The summed E-state index contributed by atoms with van der Waals surface area (Å²) in [7, 11) is 0. The van der Waals surface area contributed by atoms with E-state index in [1.807, 2.05) is 0 Å². The number of non-ortho nitro benzene ring substituents is 1. The van der Waals surface area contributed by atoms with Crippen molar-refractivity contribution in [3.05, 3.63) is 52.3 Å². The largest absolute Gasteiger partial charge is 0.391 e. The molecule has 0 spiro atoms. The molecule has 2 unspecified atom stereocenters. The zero-order chi connectivity index (χ0) is 19.6. The van der Waals surface area contributed by atoms with E-state index >= 15 is 0 Å². The number of nitro groups is 1. The number of benzene rings is 1. The lowest BCUT2D eigenvalue weighted by Crippen LogP contribution is -2.41. The summed E-state index contributed by atoms with van der Waals surface area (Å²) in [4.78, 5) is 22.6. The number of amides is 1. The van der Waals surface area contributed by atoms with Crippen LogP contribution in [0, 0.1) is 16.0 Å². The van der Waals surface area contributed by atoms with Crippen LogP contribution in [0.4, 0.5) is 18.9 Å². The second-order valence-corrected chi connectivity index (χ2v) is 6.50. The first-order chi connectivity index (χ1) is 12.7. The van der Waals surface area contributed by atoms with Crippen LogP contribution in [0.25, 0.3) is 5.69 Å². The van der Waals surface area contributed by atoms with Gasteiger partial charge in [0.25, 0.3) is 11.6 Å². The molecule has 10 heteroatoms. The predicted octanol–water partition coefficient (Wildman–Crippen LogP) is 3.63. The summed E-state index contributed by atoms with van der Waals surface area (Å²) in [6.07, 6.45) is -1.96. The van der Waals surface area contributed by atoms with E-state index in [1.165, 1.54) is 35.1 Å². The second kappa shape index (κ2) is 7.37. The number of halogens is 3. The van der Waals surface area contributed by atoms with Crippen molar-refractivity contribution in [3.63, 3.8) is 0 Å². The molecular weight excluding hydrogens is 365 g/mol. The molecule has 0 radical (unpaired) electrons. The fourth-order valence-corrected chi connectivity index (χ4v) is 3.22. The average molecular weight is 382 g/mol. The maximum absolute atomic E-state index is 12.9. The van der Waals surface area contributed by atoms with Crippen LogP contribution in [0.5, 0.6) is 0 Å². The van der Waals surface area contributed by atoms with Gasteiger partial charge in [0.1, 0.15) is 0 Å². The molecule has 1 heterocycles. The van der Waals surface area contributed by atoms with Gasteiger partial charge in [-0.3, -0.25) is 14.9 Å². The van der Waals surface area contributed by atoms with Crippen LogP contribution >= 0.6 is 0 Å². The van der Waals surface area contributed by atoms with Crippen molar-refractivity contribution in [1.82, 2.24) is 15.1 Å². The lowest BCUT2D eigenvalue weighted by Gasteiger charge is -2.30. The topological polar surface area (TPSA) is 90.1 Å². The van der Waals surface area contributed by atoms with Crippen LogP contribution in [0.1, 0.15) is 36.2 Å². The zero-order valence-corrected chi connectivity index (χ0v) is 14.1. The van der Waals surface area contributed by atoms with Crippen LogP contribution in [0.15, 0.2) is 36.5 Å². The molecule has 7 nitrogen and oxygen atoms in total. The minimum Gasteiger partial charge on any atom is -0.348 e. The highest BCUT2D eigenvalue weighted by molar-refractivity contribution is 5.92. The summed E-state index contributed by atoms with van der Waals surface area (Å²) >= 11 is 0. The van der Waals surface area contributed by atoms with E-state index in [2.05, 4.69) is 10.4 Å². The number of nitro benzene ring substituents is 1. The molecule has 1 aromatic carbocycles. The molecule has 0 aliphatic heterocycles. The van der Waals surface area contributed by atoms with Gasteiger partial charge in [-0.1, -0.05) is 12.5 Å². The van der Waals surface area contributed by atoms with Gasteiger partial charge in [-0.25, -0.2) is 4.68 Å². The third kappa shape index (κ3) is 4.44. The maximum atomic E-state index is 12.9. The number of hydrogen-bond acceptors (Lipinski definition) is 4. The Bertz CT molecular complexity index is 850. The molecule has 2 atom stereocenters. The van der Waals surface area contributed by atoms with Crippen molar-refractivity contribution in [2.45, 2.75) is 37.9 Å². The number of carbonyl (C=O) groups excluding carboxylic acids is 1. The number of carbonyl (C=O) groups is 1. The molecule has 0 bridgehead atoms. The molecule has 3 rings (SSSR count). The minimum atomic E-state index is -4.26. The second-order valence-electron chi connectivity index (χ2n) is 6.50. The monoisotopic (exact) mass is 382 g/mol. The zero-order valence-electron chi connectivity index (χ0n) is 14.1. The van der Waals surface area contributed by atoms with Crippen LogP contribution in [-0.2, 0) is 0 Å². The molecule has 1 aromatic heterocycles. The molecule has 27 heavy (non-hydrogen) atoms. The summed E-state index contributed by atoms with van der Waals surface area (Å²) in [5, 5.41) is 17.5. The van der Waals surface area contributed by atoms with Gasteiger partial charge in [0.2, 0.25) is 0 Å². The Balaban J connectivity index is 1.68. The summed E-state index contributed by atoms with van der Waals surface area (Å²) in [6, 6.07) is 6.59. The van der Waals surface area contributed by atoms with E-state index in [-0.39, 0.29) is 24.2 Å². The molecule has 144 valence electrons. The first-order valence-corrected chi connectivity index (χ1v) is 8.42. The molecule has 1 aliphatic rings. The van der Waals surface area contributed by atoms with Gasteiger partial charge < -0.3 is 5.32 Å². The highest BCUT2D eigenvalue weighted by atomic mass is 19.4. The van der Waals surface area contributed by atoms with Gasteiger partial charge in [0.05, 0.1) is 16.5 Å². The van der Waals surface area contributed by atoms with E-state index < -0.39 is 29.0 Å². The Morgan fingerprint density at radius 3 is 2.78 bits per heavy atom. The first-order valence-electron chi connectivity index (χ1n) is 8.42. The lowest BCUT2D eigenvalue weighted by molar-refractivity contribution is -0.384. The van der Waals surface area contributed by atoms with Crippen molar-refractivity contribution in [2.75, 3.05) is 0 Å². The van der Waals surface area contributed by atoms with Gasteiger partial charge in [0, 0.05) is 24.4 Å². The average Bonchev–Trinajstić information content (AvgIpc) is 3.11. The summed E-state index contributed by atoms with van der Waals surface area (Å²) in [5.74, 6) is -1.97. The lowest BCUT2D eigenvalue weighted by atomic mass is 9.85. The standard InChI is InChI=1S/C17H17F3N4O3/c18-17(19,20)11-3-1-4-12(9-11)21-16(25)15-7-8-23(22-15)13-5-2-6-14(10-13)24(26)27/h2,5-8,10-12H,1,3-4,9H2,(H,21,25). The van der Waals surface area contributed by atoms with Gasteiger partial charge in [-0.15, -0.1) is 0 Å². The Labute approximate surface area is 152 Å². The van der Waals surface area contributed by atoms with E-state index in [0.29, 0.717) is 18.5 Å². The SMILES string of the molecule is O=C(NC1CCCC(C(F)(F)F)C1)c1ccn(-c2cccc([N+](=O)[O-])c2)n1. The van der Waals surface area contributed by atoms with Gasteiger partial charge in [-0.2, -0.15) is 18.3 Å². The van der Waals surface area contributed by atoms with Gasteiger partial charge >= 0.3 is 6.18 Å². The van der Waals surface area contributed by atoms with Crippen molar-refractivity contribution < 1.29 is 22.9 Å². The third-order valence-electron chi connectivity index (χ3n) is 4.60. The maximum Gasteiger partial charge on any atom is 0.391 e. The number of aromatic nitrogens is 2. The quantitative estimate of drug-likeness (QED) is 0.646. The van der Waals surface area contributed by atoms with E-state index in [9.17, 15) is 28.1 Å². The molecule has 1 fully saturated rings. The number of nitrogens with one attached hydrogen (secondary N) is 1. The minimum absolute atomic E-state index is 0.0376. The number of hydrogen-bond donors (Lipinski definition) is 1. The summed E-state index contributed by atoms with van der Waals surface area (Å²) in [5.41, 5.74) is 0.322. The molecule has 1 aliphatic carbocycles. The third-order valence-corrected chi connectivity index (χ3v) is 4.60. The molecule has 1 amide bonds. The fourth-order valence-electron chi connectivity index (χ4n) is 3.22. The van der Waals surface area contributed by atoms with Crippen molar-refractivity contribution in [1.29, 1.82) is 0 Å². The van der Waals surface area contributed by atoms with Gasteiger partial charge in [-0.05, 0) is 31.4 Å². The summed E-state index contributed by atoms with van der Waals surface area (Å²) < 4.78 is 39.9. The fraction of sp³-hybridized carbons (Fsp3) is 0.412. The van der Waals surface area contributed by atoms with Crippen molar-refractivity contribution >= 4 is 11.6 Å². The molecular formula is C17H17F3N4O3. The Morgan fingerprint density at radius 2 is 2.07 bits per heavy atom. The number of rotatable bonds is 4. The van der Waals surface area contributed by atoms with Gasteiger partial charge in [0.15, 0.2) is 5.69 Å². The summed E-state index contributed by atoms with van der Waals surface area (Å²) in [6.45, 7) is 0. The Morgan fingerprint density at radius 1 is 1.30 bits per heavy atom. The molecule has 1 N–H and O–H groups in total.